The van der Waals surface area contributed by atoms with Crippen molar-refractivity contribution >= 4 is 11.9 Å². The zero-order chi connectivity index (χ0) is 36.6. The Kier molecular flexibility index (Phi) is 38.3. The van der Waals surface area contributed by atoms with Gasteiger partial charge in [-0.25, -0.2) is 0 Å². The number of ether oxygens (including phenoxy) is 1. The van der Waals surface area contributed by atoms with Gasteiger partial charge in [-0.3, -0.25) is 9.59 Å². The van der Waals surface area contributed by atoms with E-state index in [1.54, 1.807) is 6.08 Å². The number of nitrogens with one attached hydrogen (secondary N) is 1. The Hall–Kier alpha value is -1.92. The highest BCUT2D eigenvalue weighted by molar-refractivity contribution is 5.76. The van der Waals surface area contributed by atoms with Gasteiger partial charge in [-0.2, -0.15) is 0 Å². The molecule has 0 aromatic carbocycles. The third-order valence-corrected chi connectivity index (χ3v) is 9.41. The molecule has 3 N–H and O–H groups in total. The molecule has 0 aromatic heterocycles. The predicted molar refractivity (Wildman–Crippen MR) is 213 cm³/mol. The summed E-state index contributed by atoms with van der Waals surface area (Å²) >= 11 is 0. The van der Waals surface area contributed by atoms with Crippen molar-refractivity contribution in [1.82, 2.24) is 5.32 Å². The molecule has 1 amide bonds. The van der Waals surface area contributed by atoms with Gasteiger partial charge in [0.05, 0.1) is 25.4 Å². The van der Waals surface area contributed by atoms with Crippen LogP contribution in [0.5, 0.6) is 0 Å². The number of carbonyl (C=O) groups excluding carboxylic acids is 2. The summed E-state index contributed by atoms with van der Waals surface area (Å²) in [4.78, 5) is 24.3. The molecule has 50 heavy (non-hydrogen) atoms. The molecule has 0 aliphatic rings. The van der Waals surface area contributed by atoms with Crippen molar-refractivity contribution in [3.05, 3.63) is 36.5 Å². The Morgan fingerprint density at radius 3 is 1.56 bits per heavy atom. The highest BCUT2D eigenvalue weighted by Crippen LogP contribution is 2.13. The first-order chi connectivity index (χ1) is 24.5. The second kappa shape index (κ2) is 39.9. The lowest BCUT2D eigenvalue weighted by Gasteiger charge is -2.20. The van der Waals surface area contributed by atoms with Gasteiger partial charge in [0.1, 0.15) is 0 Å². The highest BCUT2D eigenvalue weighted by Gasteiger charge is 2.18. The second-order valence-corrected chi connectivity index (χ2v) is 14.3. The molecule has 0 aromatic rings. The molecule has 0 saturated heterocycles. The van der Waals surface area contributed by atoms with Crippen LogP contribution in [0.25, 0.3) is 0 Å². The Balaban J connectivity index is 3.54. The molecule has 0 rings (SSSR count). The summed E-state index contributed by atoms with van der Waals surface area (Å²) in [5, 5.41) is 22.8. The quantitative estimate of drug-likeness (QED) is 0.0338. The van der Waals surface area contributed by atoms with Crippen LogP contribution in [0.1, 0.15) is 206 Å². The van der Waals surface area contributed by atoms with Crippen molar-refractivity contribution < 1.29 is 24.5 Å². The number of amides is 1. The third-order valence-electron chi connectivity index (χ3n) is 9.41. The molecular weight excluding hydrogens is 622 g/mol. The van der Waals surface area contributed by atoms with E-state index in [4.69, 9.17) is 4.74 Å². The Labute approximate surface area is 309 Å². The number of carbonyl (C=O) groups is 2. The summed E-state index contributed by atoms with van der Waals surface area (Å²) in [6.45, 7) is 4.75. The topological polar surface area (TPSA) is 95.9 Å². The summed E-state index contributed by atoms with van der Waals surface area (Å²) in [6.07, 6.45) is 45.5. The molecule has 0 heterocycles. The minimum atomic E-state index is -0.860. The molecule has 0 aliphatic carbocycles. The molecule has 0 aliphatic heterocycles. The lowest BCUT2D eigenvalue weighted by Crippen LogP contribution is -2.45. The third kappa shape index (κ3) is 35.9. The summed E-state index contributed by atoms with van der Waals surface area (Å²) in [6, 6.07) is -0.646. The molecule has 0 saturated carbocycles. The fourth-order valence-corrected chi connectivity index (χ4v) is 6.07. The van der Waals surface area contributed by atoms with Crippen LogP contribution in [0, 0.1) is 0 Å². The lowest BCUT2D eigenvalue weighted by atomic mass is 10.1. The van der Waals surface area contributed by atoms with Gasteiger partial charge in [-0.1, -0.05) is 166 Å². The molecule has 0 radical (unpaired) electrons. The van der Waals surface area contributed by atoms with E-state index in [2.05, 4.69) is 43.5 Å². The zero-order valence-corrected chi connectivity index (χ0v) is 32.9. The van der Waals surface area contributed by atoms with E-state index < -0.39 is 12.1 Å². The number of hydrogen-bond acceptors (Lipinski definition) is 5. The smallest absolute Gasteiger partial charge is 0.305 e. The minimum Gasteiger partial charge on any atom is -0.466 e. The van der Waals surface area contributed by atoms with Gasteiger partial charge in [0, 0.05) is 12.8 Å². The van der Waals surface area contributed by atoms with Crippen LogP contribution in [0.3, 0.4) is 0 Å². The summed E-state index contributed by atoms with van der Waals surface area (Å²) in [5.41, 5.74) is 0. The van der Waals surface area contributed by atoms with Gasteiger partial charge in [0.15, 0.2) is 0 Å². The largest absolute Gasteiger partial charge is 0.466 e. The molecule has 6 nitrogen and oxygen atoms in total. The van der Waals surface area contributed by atoms with Crippen molar-refractivity contribution in [2.45, 2.75) is 219 Å². The Bertz CT molecular complexity index is 823. The number of allylic oxidation sites excluding steroid dienone is 5. The van der Waals surface area contributed by atoms with Crippen LogP contribution >= 0.6 is 0 Å². The Morgan fingerprint density at radius 2 is 1.00 bits per heavy atom. The Morgan fingerprint density at radius 1 is 0.560 bits per heavy atom. The monoisotopic (exact) mass is 704 g/mol. The first-order valence-corrected chi connectivity index (χ1v) is 21.3. The van der Waals surface area contributed by atoms with Crippen molar-refractivity contribution in [1.29, 1.82) is 0 Å². The summed E-state index contributed by atoms with van der Waals surface area (Å²) in [7, 11) is 0. The molecule has 0 fully saturated rings. The van der Waals surface area contributed by atoms with Crippen molar-refractivity contribution in [2.24, 2.45) is 0 Å². The molecule has 2 unspecified atom stereocenters. The maximum atomic E-state index is 12.3. The number of aliphatic hydroxyl groups excluding tert-OH is 2. The van der Waals surface area contributed by atoms with Crippen LogP contribution in [-0.2, 0) is 14.3 Å². The molecule has 0 bridgehead atoms. The number of unbranched alkanes of at least 4 members (excludes halogenated alkanes) is 23. The van der Waals surface area contributed by atoms with E-state index in [9.17, 15) is 19.8 Å². The maximum Gasteiger partial charge on any atom is 0.305 e. The standard InChI is InChI=1S/C44H81NO5/c1-3-5-7-9-11-13-14-15-16-17-18-22-26-30-34-38-44(49)50-39-35-31-27-23-19-21-25-29-33-37-43(48)45-41(40-46)42(47)36-32-28-24-20-12-10-8-6-4-2/h11,13,15-16,32,36,41-42,46-47H,3-10,12,14,17-31,33-35,37-40H2,1-2H3,(H,45,48)/b13-11-,16-15-,36-32+. The predicted octanol–water partition coefficient (Wildman–Crippen LogP) is 11.8. The van der Waals surface area contributed by atoms with Crippen molar-refractivity contribution in [2.75, 3.05) is 13.2 Å². The molecule has 292 valence electrons. The van der Waals surface area contributed by atoms with Crippen LogP contribution in [-0.4, -0.2) is 47.4 Å². The van der Waals surface area contributed by atoms with Gasteiger partial charge in [-0.05, 0) is 64.2 Å². The maximum absolute atomic E-state index is 12.3. The SMILES string of the molecule is CCCCC/C=C\C/C=C\CCCCCCCC(=O)OCCCCCCCCCCCC(=O)NC(CO)C(O)/C=C/CCCCCCCCC. The lowest BCUT2D eigenvalue weighted by molar-refractivity contribution is -0.143. The average molecular weight is 704 g/mol. The highest BCUT2D eigenvalue weighted by atomic mass is 16.5. The van der Waals surface area contributed by atoms with Gasteiger partial charge in [-0.15, -0.1) is 0 Å². The molecular formula is C44H81NO5. The second-order valence-electron chi connectivity index (χ2n) is 14.3. The first-order valence-electron chi connectivity index (χ1n) is 21.3. The van der Waals surface area contributed by atoms with E-state index >= 15 is 0 Å². The number of hydrogen-bond donors (Lipinski definition) is 3. The molecule has 2 atom stereocenters. The number of rotatable bonds is 38. The zero-order valence-electron chi connectivity index (χ0n) is 32.9. The minimum absolute atomic E-state index is 0.0432. The van der Waals surface area contributed by atoms with E-state index in [0.29, 0.717) is 19.4 Å². The van der Waals surface area contributed by atoms with E-state index in [-0.39, 0.29) is 18.5 Å². The summed E-state index contributed by atoms with van der Waals surface area (Å²) in [5.74, 6) is -0.145. The molecule has 0 spiro atoms. The van der Waals surface area contributed by atoms with Gasteiger partial charge < -0.3 is 20.3 Å². The van der Waals surface area contributed by atoms with Crippen molar-refractivity contribution in [3.8, 4) is 0 Å². The molecule has 6 heteroatoms. The van der Waals surface area contributed by atoms with Crippen molar-refractivity contribution in [3.63, 3.8) is 0 Å². The number of esters is 1. The number of aliphatic hydroxyl groups is 2. The van der Waals surface area contributed by atoms with Crippen LogP contribution in [0.4, 0.5) is 0 Å². The average Bonchev–Trinajstić information content (AvgIpc) is 3.11. The van der Waals surface area contributed by atoms with Crippen LogP contribution in [0.2, 0.25) is 0 Å². The summed E-state index contributed by atoms with van der Waals surface area (Å²) < 4.78 is 5.42. The first kappa shape index (κ1) is 48.1. The van der Waals surface area contributed by atoms with Crippen LogP contribution in [0.15, 0.2) is 36.5 Å². The van der Waals surface area contributed by atoms with E-state index in [0.717, 1.165) is 70.6 Å². The van der Waals surface area contributed by atoms with Gasteiger partial charge in [0.2, 0.25) is 5.91 Å². The van der Waals surface area contributed by atoms with Gasteiger partial charge >= 0.3 is 5.97 Å². The normalized spacial score (nSPS) is 13.1. The van der Waals surface area contributed by atoms with E-state index in [1.807, 2.05) is 6.08 Å². The fraction of sp³-hybridized carbons (Fsp3) is 0.818. The van der Waals surface area contributed by atoms with Gasteiger partial charge in [0.25, 0.3) is 0 Å². The fourth-order valence-electron chi connectivity index (χ4n) is 6.07. The van der Waals surface area contributed by atoms with E-state index in [1.165, 1.54) is 109 Å². The van der Waals surface area contributed by atoms with Crippen LogP contribution < -0.4 is 5.32 Å².